The van der Waals surface area contributed by atoms with Crippen LogP contribution in [0, 0.1) is 10.8 Å². The molecule has 0 fully saturated rings. The molecule has 0 saturated carbocycles. The molecule has 0 heterocycles. The van der Waals surface area contributed by atoms with Crippen molar-refractivity contribution >= 4 is 0 Å². The fraction of sp³-hybridized carbons (Fsp3) is 0. The zero-order valence-corrected chi connectivity index (χ0v) is 6.48. The van der Waals surface area contributed by atoms with Crippen LogP contribution < -0.4 is 65.4 Å². The third-order valence-corrected chi connectivity index (χ3v) is 0. The van der Waals surface area contributed by atoms with E-state index in [1.165, 1.54) is 0 Å². The van der Waals surface area contributed by atoms with Crippen LogP contribution in [0.3, 0.4) is 0 Å². The van der Waals surface area contributed by atoms with Crippen molar-refractivity contribution in [2.45, 2.75) is 0 Å². The van der Waals surface area contributed by atoms with Crippen LogP contribution in [-0.2, 0) is 0 Å². The summed E-state index contributed by atoms with van der Waals surface area (Å²) in [7, 11) is -2.85. The first-order chi connectivity index (χ1) is 1.73. The first-order valence-electron chi connectivity index (χ1n) is 0.463. The maximum atomic E-state index is 8.41. The van der Waals surface area contributed by atoms with Gasteiger partial charge in [0.05, 0.1) is 10.8 Å². The van der Waals surface area contributed by atoms with Crippen LogP contribution in [0.2, 0.25) is 0 Å². The Morgan fingerprint density at radius 1 is 1.00 bits per heavy atom. The fourth-order valence-electron chi connectivity index (χ4n) is 0. The molecule has 0 aliphatic heterocycles. The van der Waals surface area contributed by atoms with Crippen molar-refractivity contribution in [1.82, 2.24) is 0 Å². The summed E-state index contributed by atoms with van der Waals surface area (Å²) >= 11 is 0. The molecule has 0 N–H and O–H groups in total. The van der Waals surface area contributed by atoms with E-state index in [0.29, 0.717) is 0 Å². The third kappa shape index (κ3) is 25.8. The van der Waals surface area contributed by atoms with Gasteiger partial charge in [-0.3, -0.25) is 0 Å². The van der Waals surface area contributed by atoms with E-state index >= 15 is 0 Å². The number of hydrogen-bond donors (Lipinski definition) is 0. The second-order valence-electron chi connectivity index (χ2n) is 0.189. The normalized spacial score (nSPS) is 7.20. The summed E-state index contributed by atoms with van der Waals surface area (Å²) < 4.78 is 25.2. The molecule has 0 bridgehead atoms. The Kier molecular flexibility index (Phi) is 11.5. The Hall–Kier alpha value is 1.81. The van der Waals surface area contributed by atoms with Crippen molar-refractivity contribution in [3.63, 3.8) is 0 Å². The van der Waals surface area contributed by atoms with E-state index in [4.69, 9.17) is 14.0 Å². The smallest absolute Gasteiger partial charge is 0.357 e. The average Bonchev–Trinajstić information content (AvgIpc) is 0.811. The third-order valence-electron chi connectivity index (χ3n) is 0. The Balaban J connectivity index is 0. The summed E-state index contributed by atoms with van der Waals surface area (Å²) in [5.74, 6) is 0. The molecule has 0 unspecified atom stereocenters. The van der Waals surface area contributed by atoms with Crippen molar-refractivity contribution in [3.8, 4) is 0 Å². The molecule has 0 aromatic heterocycles. The number of halogens is 1. The molecule has 3 nitrogen and oxygen atoms in total. The summed E-state index contributed by atoms with van der Waals surface area (Å²) in [6, 6.07) is 0. The topological polar surface area (TPSA) is 69.2 Å². The molecular weight excluding hydrogens is 129 g/mol. The molecule has 0 radical (unpaired) electrons. The molecule has 0 atom stereocenters. The monoisotopic (exact) mass is 128 g/mol. The van der Waals surface area contributed by atoms with Crippen LogP contribution in [-0.4, -0.2) is 0 Å². The quantitative estimate of drug-likeness (QED) is 0.241. The molecule has 26 valence electrons. The predicted molar refractivity (Wildman–Crippen MR) is 0 cm³/mol. The summed E-state index contributed by atoms with van der Waals surface area (Å²) in [5.41, 5.74) is 0. The fourth-order valence-corrected chi connectivity index (χ4v) is 0. The van der Waals surface area contributed by atoms with E-state index in [9.17, 15) is 0 Å². The molecule has 0 saturated heterocycles. The summed E-state index contributed by atoms with van der Waals surface area (Å²) in [4.78, 5) is 0. The van der Waals surface area contributed by atoms with Crippen molar-refractivity contribution in [1.29, 1.82) is 0 Å². The molecule has 0 aliphatic rings. The number of hydrogen-bond acceptors (Lipinski definition) is 3. The van der Waals surface area contributed by atoms with Crippen LogP contribution in [0.5, 0.6) is 0 Å². The van der Waals surface area contributed by atoms with Gasteiger partial charge in [-0.2, -0.15) is 0 Å². The average molecular weight is 129 g/mol. The van der Waals surface area contributed by atoms with Crippen LogP contribution in [0.4, 0.5) is 0 Å². The van der Waals surface area contributed by atoms with Crippen LogP contribution in [0.15, 0.2) is 0 Å². The van der Waals surface area contributed by atoms with Crippen molar-refractivity contribution in [3.05, 3.63) is 0 Å². The molecular formula is ClKO3. The van der Waals surface area contributed by atoms with Crippen molar-refractivity contribution in [2.75, 3.05) is 0 Å². The first kappa shape index (κ1) is 9.93. The van der Waals surface area contributed by atoms with E-state index in [0.717, 1.165) is 0 Å². The van der Waals surface area contributed by atoms with Gasteiger partial charge in [-0.1, -0.05) is 0 Å². The minimum Gasteiger partial charge on any atom is -0.357 e. The summed E-state index contributed by atoms with van der Waals surface area (Å²) in [6.07, 6.45) is 0. The van der Waals surface area contributed by atoms with Gasteiger partial charge < -0.3 is 14.0 Å². The van der Waals surface area contributed by atoms with Crippen LogP contribution in [0.25, 0.3) is 0 Å². The van der Waals surface area contributed by atoms with Gasteiger partial charge in [-0.15, -0.1) is 0 Å². The standard InChI is InChI=1S/ClO3.K/c2-1(3)4;/q-1;+1/i2+2,3+2,4+2;. The molecule has 0 aromatic carbocycles. The maximum Gasteiger partial charge on any atom is 1.00 e. The molecule has 5 heteroatoms. The molecule has 0 spiro atoms. The minimum atomic E-state index is -2.85. The zero-order valence-electron chi connectivity index (χ0n) is 2.60. The molecule has 0 rings (SSSR count). The zero-order chi connectivity index (χ0) is 3.58. The van der Waals surface area contributed by atoms with Crippen LogP contribution in [0.1, 0.15) is 0 Å². The van der Waals surface area contributed by atoms with E-state index in [1.54, 1.807) is 0 Å². The molecule has 0 amide bonds. The van der Waals surface area contributed by atoms with E-state index in [2.05, 4.69) is 0 Å². The van der Waals surface area contributed by atoms with Crippen molar-refractivity contribution in [2.24, 2.45) is 0 Å². The van der Waals surface area contributed by atoms with Gasteiger partial charge in [0.15, 0.2) is 0 Å². The second-order valence-corrected chi connectivity index (χ2v) is 0.567. The van der Waals surface area contributed by atoms with Crippen LogP contribution >= 0.6 is 0 Å². The van der Waals surface area contributed by atoms with E-state index in [1.807, 2.05) is 0 Å². The maximum absolute atomic E-state index is 8.41. The Bertz CT molecular complexity index is 11.6. The van der Waals surface area contributed by atoms with Crippen molar-refractivity contribution < 1.29 is 76.1 Å². The largest absolute Gasteiger partial charge is 1.00 e. The number of rotatable bonds is 0. The summed E-state index contributed by atoms with van der Waals surface area (Å²) in [6.45, 7) is 0. The van der Waals surface area contributed by atoms with Gasteiger partial charge in [-0.25, -0.2) is 0 Å². The molecule has 0 aromatic rings. The van der Waals surface area contributed by atoms with Gasteiger partial charge in [-0.05, 0) is 0 Å². The Morgan fingerprint density at radius 3 is 1.00 bits per heavy atom. The van der Waals surface area contributed by atoms with Gasteiger partial charge in [0.25, 0.3) is 0 Å². The van der Waals surface area contributed by atoms with E-state index in [-0.39, 0.29) is 51.4 Å². The molecule has 0 aliphatic carbocycles. The van der Waals surface area contributed by atoms with E-state index < -0.39 is 10.8 Å². The second kappa shape index (κ2) is 5.81. The minimum absolute atomic E-state index is 0. The predicted octanol–water partition coefficient (Wildman–Crippen LogP) is -6.56. The van der Waals surface area contributed by atoms with Gasteiger partial charge in [0, 0.05) is 0 Å². The van der Waals surface area contributed by atoms with Gasteiger partial charge in [0.2, 0.25) is 0 Å². The van der Waals surface area contributed by atoms with Gasteiger partial charge in [0.1, 0.15) is 0 Å². The first-order valence-corrected chi connectivity index (χ1v) is 1.39. The molecule has 5 heavy (non-hydrogen) atoms. The SMILES string of the molecule is [18O-][Cl+2]([18O-])[18O-].[K+]. The van der Waals surface area contributed by atoms with Gasteiger partial charge >= 0.3 is 51.4 Å². The Morgan fingerprint density at radius 2 is 1.00 bits per heavy atom. The summed E-state index contributed by atoms with van der Waals surface area (Å²) in [5, 5.41) is 0. The Labute approximate surface area is 74.8 Å².